The minimum atomic E-state index is -1.32. The van der Waals surface area contributed by atoms with Crippen LogP contribution in [0.4, 0.5) is 0 Å². The summed E-state index contributed by atoms with van der Waals surface area (Å²) in [5.74, 6) is 1.53. The van der Waals surface area contributed by atoms with Gasteiger partial charge in [-0.1, -0.05) is 70.5 Å². The quantitative estimate of drug-likeness (QED) is 0.493. The summed E-state index contributed by atoms with van der Waals surface area (Å²) < 4.78 is 3.91. The van der Waals surface area contributed by atoms with Gasteiger partial charge in [-0.2, -0.15) is 5.11 Å². The van der Waals surface area contributed by atoms with Crippen LogP contribution in [0.2, 0.25) is 0 Å². The predicted octanol–water partition coefficient (Wildman–Crippen LogP) is 5.16. The molecule has 0 aliphatic carbocycles. The lowest BCUT2D eigenvalue weighted by atomic mass is 10.1. The summed E-state index contributed by atoms with van der Waals surface area (Å²) in [4.78, 5) is 0. The van der Waals surface area contributed by atoms with Gasteiger partial charge in [0.1, 0.15) is 0 Å². The van der Waals surface area contributed by atoms with Crippen molar-refractivity contribution >= 4 is 23.5 Å². The highest BCUT2D eigenvalue weighted by molar-refractivity contribution is 8.17. The zero-order valence-electron chi connectivity index (χ0n) is 12.5. The maximum absolute atomic E-state index is 12.6. The summed E-state index contributed by atoms with van der Waals surface area (Å²) in [7, 11) is 1.54. The summed E-state index contributed by atoms with van der Waals surface area (Å²) in [6.45, 7) is 8.69. The molecule has 4 heteroatoms. The molecule has 18 heavy (non-hydrogen) atoms. The molecule has 0 rings (SSSR count). The molecular weight excluding hydrogens is 264 g/mol. The Bertz CT molecular complexity index is 198. The second kappa shape index (κ2) is 10.4. The van der Waals surface area contributed by atoms with Crippen LogP contribution in [0.3, 0.4) is 0 Å². The molecule has 2 unspecified atom stereocenters. The standard InChI is InChI=1S/C14H29O2S2/c1-6-10-13(9-4)18-14(15,16-5)17-11-12(7-2)8-3/h12-13H,6-11H2,1-5H3. The fourth-order valence-electron chi connectivity index (χ4n) is 1.76. The SMILES string of the molecule is CCCC(CC)SC([O])(OC)SCC(CC)CC. The third-order valence-electron chi connectivity index (χ3n) is 3.28. The van der Waals surface area contributed by atoms with Gasteiger partial charge in [0.2, 0.25) is 0 Å². The molecule has 0 fully saturated rings. The highest BCUT2D eigenvalue weighted by Gasteiger charge is 2.34. The van der Waals surface area contributed by atoms with Gasteiger partial charge >= 0.3 is 0 Å². The minimum absolute atomic E-state index is 0.418. The molecule has 0 aliphatic rings. The van der Waals surface area contributed by atoms with E-state index in [2.05, 4.69) is 27.7 Å². The largest absolute Gasteiger partial charge is 0.334 e. The van der Waals surface area contributed by atoms with Crippen LogP contribution in [0.5, 0.6) is 0 Å². The van der Waals surface area contributed by atoms with Crippen LogP contribution < -0.4 is 0 Å². The average Bonchev–Trinajstić information content (AvgIpc) is 2.39. The lowest BCUT2D eigenvalue weighted by Gasteiger charge is -2.28. The fraction of sp³-hybridized carbons (Fsp3) is 1.00. The van der Waals surface area contributed by atoms with Gasteiger partial charge in [-0.05, 0) is 18.8 Å². The van der Waals surface area contributed by atoms with Gasteiger partial charge in [-0.3, -0.25) is 0 Å². The van der Waals surface area contributed by atoms with E-state index in [1.807, 2.05) is 0 Å². The summed E-state index contributed by atoms with van der Waals surface area (Å²) in [6.07, 6.45) is 5.54. The van der Waals surface area contributed by atoms with Gasteiger partial charge in [-0.15, -0.1) is 0 Å². The van der Waals surface area contributed by atoms with Gasteiger partial charge in [0.15, 0.2) is 0 Å². The second-order valence-electron chi connectivity index (χ2n) is 4.63. The predicted molar refractivity (Wildman–Crippen MR) is 83.5 cm³/mol. The second-order valence-corrected chi connectivity index (χ2v) is 7.49. The van der Waals surface area contributed by atoms with E-state index in [9.17, 15) is 5.11 Å². The van der Waals surface area contributed by atoms with Crippen molar-refractivity contribution in [2.45, 2.75) is 69.5 Å². The number of ether oxygens (including phenoxy) is 1. The molecule has 109 valence electrons. The molecule has 0 amide bonds. The van der Waals surface area contributed by atoms with E-state index >= 15 is 0 Å². The first-order valence-corrected chi connectivity index (χ1v) is 8.98. The molecule has 0 N–H and O–H groups in total. The van der Waals surface area contributed by atoms with Crippen LogP contribution in [0.1, 0.15) is 59.8 Å². The van der Waals surface area contributed by atoms with E-state index in [4.69, 9.17) is 4.74 Å². The fourth-order valence-corrected chi connectivity index (χ4v) is 4.70. The number of hydrogen-bond acceptors (Lipinski definition) is 3. The monoisotopic (exact) mass is 293 g/mol. The maximum atomic E-state index is 12.6. The van der Waals surface area contributed by atoms with E-state index in [1.54, 1.807) is 7.11 Å². The topological polar surface area (TPSA) is 29.1 Å². The molecular formula is C14H29O2S2. The number of thioether (sulfide) groups is 2. The molecule has 0 saturated carbocycles. The highest BCUT2D eigenvalue weighted by atomic mass is 32.2. The van der Waals surface area contributed by atoms with E-state index in [0.717, 1.165) is 37.9 Å². The Balaban J connectivity index is 4.31. The first kappa shape index (κ1) is 18.6. The van der Waals surface area contributed by atoms with Crippen molar-refractivity contribution in [2.75, 3.05) is 12.9 Å². The molecule has 0 saturated heterocycles. The molecule has 0 heterocycles. The smallest absolute Gasteiger partial charge is 0.299 e. The van der Waals surface area contributed by atoms with Crippen molar-refractivity contribution in [3.63, 3.8) is 0 Å². The molecule has 2 atom stereocenters. The Kier molecular flexibility index (Phi) is 10.8. The Labute approximate surface area is 122 Å². The van der Waals surface area contributed by atoms with Crippen molar-refractivity contribution in [2.24, 2.45) is 5.92 Å². The zero-order valence-corrected chi connectivity index (χ0v) is 14.2. The van der Waals surface area contributed by atoms with Crippen LogP contribution in [0.15, 0.2) is 0 Å². The van der Waals surface area contributed by atoms with Gasteiger partial charge in [0.25, 0.3) is 4.45 Å². The Morgan fingerprint density at radius 2 is 1.72 bits per heavy atom. The Morgan fingerprint density at radius 1 is 1.11 bits per heavy atom. The third-order valence-corrected chi connectivity index (χ3v) is 6.44. The van der Waals surface area contributed by atoms with Crippen molar-refractivity contribution in [3.8, 4) is 0 Å². The third kappa shape index (κ3) is 7.27. The highest BCUT2D eigenvalue weighted by Crippen LogP contribution is 2.42. The Hall–Kier alpha value is 0.620. The molecule has 0 aromatic heterocycles. The minimum Gasteiger partial charge on any atom is -0.334 e. The lowest BCUT2D eigenvalue weighted by Crippen LogP contribution is -2.25. The maximum Gasteiger partial charge on any atom is 0.299 e. The van der Waals surface area contributed by atoms with E-state index in [1.165, 1.54) is 23.5 Å². The number of methoxy groups -OCH3 is 1. The number of hydrogen-bond donors (Lipinski definition) is 0. The van der Waals surface area contributed by atoms with Gasteiger partial charge in [-0.25, -0.2) is 0 Å². The van der Waals surface area contributed by atoms with Gasteiger partial charge in [0, 0.05) is 18.1 Å². The molecule has 0 aliphatic heterocycles. The molecule has 0 aromatic carbocycles. The van der Waals surface area contributed by atoms with Gasteiger partial charge < -0.3 is 4.74 Å². The summed E-state index contributed by atoms with van der Waals surface area (Å²) in [6, 6.07) is 0. The molecule has 0 aromatic rings. The first-order chi connectivity index (χ1) is 8.55. The van der Waals surface area contributed by atoms with Crippen LogP contribution in [-0.4, -0.2) is 22.6 Å². The normalized spacial score (nSPS) is 16.8. The lowest BCUT2D eigenvalue weighted by molar-refractivity contribution is -0.0799. The van der Waals surface area contributed by atoms with Crippen molar-refractivity contribution in [1.82, 2.24) is 0 Å². The summed E-state index contributed by atoms with van der Waals surface area (Å²) in [5.41, 5.74) is 0. The molecule has 0 bridgehead atoms. The Morgan fingerprint density at radius 3 is 2.11 bits per heavy atom. The molecule has 0 spiro atoms. The number of rotatable bonds is 11. The van der Waals surface area contributed by atoms with E-state index in [-0.39, 0.29) is 0 Å². The average molecular weight is 294 g/mol. The van der Waals surface area contributed by atoms with Crippen LogP contribution in [0, 0.1) is 5.92 Å². The summed E-state index contributed by atoms with van der Waals surface area (Å²) >= 11 is 2.90. The van der Waals surface area contributed by atoms with Crippen molar-refractivity contribution in [1.29, 1.82) is 0 Å². The molecule has 1 radical (unpaired) electrons. The zero-order chi connectivity index (χ0) is 14.0. The van der Waals surface area contributed by atoms with E-state index < -0.39 is 4.45 Å². The van der Waals surface area contributed by atoms with Crippen LogP contribution in [-0.2, 0) is 9.84 Å². The summed E-state index contributed by atoms with van der Waals surface area (Å²) in [5, 5.41) is 13.0. The molecule has 2 nitrogen and oxygen atoms in total. The van der Waals surface area contributed by atoms with Crippen molar-refractivity contribution < 1.29 is 9.84 Å². The van der Waals surface area contributed by atoms with E-state index in [0.29, 0.717) is 11.2 Å². The van der Waals surface area contributed by atoms with Crippen LogP contribution >= 0.6 is 23.5 Å². The van der Waals surface area contributed by atoms with Gasteiger partial charge in [0.05, 0.1) is 0 Å². The van der Waals surface area contributed by atoms with Crippen molar-refractivity contribution in [3.05, 3.63) is 0 Å². The van der Waals surface area contributed by atoms with Crippen LogP contribution in [0.25, 0.3) is 0 Å². The first-order valence-electron chi connectivity index (χ1n) is 7.12.